The number of carbonyl (C=O) groups is 1. The number of aryl methyl sites for hydroxylation is 2. The smallest absolute Gasteiger partial charge is 0.309 e. The molecule has 0 saturated heterocycles. The van der Waals surface area contributed by atoms with Crippen molar-refractivity contribution in [2.45, 2.75) is 58.8 Å². The Hall–Kier alpha value is -1.31. The fraction of sp³-hybridized carbons (Fsp3) is 0.588. The van der Waals surface area contributed by atoms with Crippen molar-refractivity contribution in [1.29, 1.82) is 0 Å². The van der Waals surface area contributed by atoms with Crippen LogP contribution in [0, 0.1) is 19.3 Å². The average molecular weight is 260 g/mol. The predicted molar refractivity (Wildman–Crippen MR) is 77.4 cm³/mol. The second-order valence-corrected chi connectivity index (χ2v) is 6.10. The van der Waals surface area contributed by atoms with Gasteiger partial charge in [0.1, 0.15) is 0 Å². The van der Waals surface area contributed by atoms with Gasteiger partial charge in [0.05, 0.1) is 5.41 Å². The summed E-state index contributed by atoms with van der Waals surface area (Å²) in [6.07, 6.45) is 6.81. The lowest BCUT2D eigenvalue weighted by Crippen LogP contribution is -2.33. The first-order valence-electron chi connectivity index (χ1n) is 7.33. The lowest BCUT2D eigenvalue weighted by atomic mass is 9.75. The number of hydrogen-bond donors (Lipinski definition) is 1. The van der Waals surface area contributed by atoms with Crippen molar-refractivity contribution >= 4 is 5.97 Å². The number of aliphatic carboxylic acids is 1. The molecule has 19 heavy (non-hydrogen) atoms. The largest absolute Gasteiger partial charge is 0.481 e. The highest BCUT2D eigenvalue weighted by Crippen LogP contribution is 2.38. The second-order valence-electron chi connectivity index (χ2n) is 6.10. The molecule has 1 aromatic carbocycles. The zero-order chi connectivity index (χ0) is 13.9. The third-order valence-corrected chi connectivity index (χ3v) is 4.63. The van der Waals surface area contributed by atoms with E-state index in [1.54, 1.807) is 0 Å². The Kier molecular flexibility index (Phi) is 4.28. The molecule has 1 aliphatic rings. The van der Waals surface area contributed by atoms with E-state index in [1.165, 1.54) is 29.5 Å². The average Bonchev–Trinajstić information content (AvgIpc) is 2.60. The minimum atomic E-state index is -0.604. The Morgan fingerprint density at radius 3 is 2.26 bits per heavy atom. The molecule has 0 bridgehead atoms. The van der Waals surface area contributed by atoms with E-state index in [1.807, 2.05) is 0 Å². The van der Waals surface area contributed by atoms with Crippen LogP contribution in [0.1, 0.15) is 55.2 Å². The Labute approximate surface area is 115 Å². The summed E-state index contributed by atoms with van der Waals surface area (Å²) in [5, 5.41) is 9.70. The molecule has 2 heteroatoms. The van der Waals surface area contributed by atoms with Gasteiger partial charge >= 0.3 is 5.97 Å². The third kappa shape index (κ3) is 3.17. The molecule has 0 spiro atoms. The van der Waals surface area contributed by atoms with Crippen LogP contribution in [0.4, 0.5) is 0 Å². The first kappa shape index (κ1) is 14.1. The van der Waals surface area contributed by atoms with Gasteiger partial charge in [-0.2, -0.15) is 0 Å². The molecule has 1 fully saturated rings. The first-order valence-corrected chi connectivity index (χ1v) is 7.33. The lowest BCUT2D eigenvalue weighted by molar-refractivity contribution is -0.149. The Morgan fingerprint density at radius 1 is 1.11 bits per heavy atom. The highest BCUT2D eigenvalue weighted by molar-refractivity contribution is 5.75. The van der Waals surface area contributed by atoms with Crippen LogP contribution in [0.15, 0.2) is 18.2 Å². The van der Waals surface area contributed by atoms with Gasteiger partial charge in [0, 0.05) is 0 Å². The van der Waals surface area contributed by atoms with Gasteiger partial charge in [0.25, 0.3) is 0 Å². The zero-order valence-electron chi connectivity index (χ0n) is 12.0. The van der Waals surface area contributed by atoms with Gasteiger partial charge in [-0.1, -0.05) is 43.9 Å². The number of hydrogen-bond acceptors (Lipinski definition) is 1. The van der Waals surface area contributed by atoms with E-state index in [4.69, 9.17) is 0 Å². The van der Waals surface area contributed by atoms with Crippen molar-refractivity contribution in [2.75, 3.05) is 0 Å². The fourth-order valence-corrected chi connectivity index (χ4v) is 3.18. The minimum absolute atomic E-state index is 0.530. The summed E-state index contributed by atoms with van der Waals surface area (Å²) >= 11 is 0. The van der Waals surface area contributed by atoms with E-state index in [0.29, 0.717) is 6.42 Å². The van der Waals surface area contributed by atoms with Crippen LogP contribution in [0.5, 0.6) is 0 Å². The molecule has 0 aromatic heterocycles. The van der Waals surface area contributed by atoms with Gasteiger partial charge in [-0.15, -0.1) is 0 Å². The Balaban J connectivity index is 2.24. The highest BCUT2D eigenvalue weighted by Gasteiger charge is 2.38. The minimum Gasteiger partial charge on any atom is -0.481 e. The topological polar surface area (TPSA) is 37.3 Å². The van der Waals surface area contributed by atoms with Crippen LogP contribution in [-0.4, -0.2) is 11.1 Å². The second kappa shape index (κ2) is 5.77. The van der Waals surface area contributed by atoms with E-state index in [-0.39, 0.29) is 0 Å². The first-order chi connectivity index (χ1) is 9.03. The van der Waals surface area contributed by atoms with Crippen LogP contribution in [-0.2, 0) is 11.2 Å². The molecule has 2 nitrogen and oxygen atoms in total. The molecule has 1 N–H and O–H groups in total. The summed E-state index contributed by atoms with van der Waals surface area (Å²) in [4.78, 5) is 11.8. The van der Waals surface area contributed by atoms with Crippen LogP contribution < -0.4 is 0 Å². The summed E-state index contributed by atoms with van der Waals surface area (Å²) in [6.45, 7) is 4.19. The van der Waals surface area contributed by atoms with E-state index < -0.39 is 11.4 Å². The molecule has 0 aliphatic heterocycles. The quantitative estimate of drug-likeness (QED) is 0.824. The number of carboxylic acids is 1. The van der Waals surface area contributed by atoms with Crippen LogP contribution in [0.3, 0.4) is 0 Å². The normalized spacial score (nSPS) is 18.8. The number of carboxylic acid groups (broad SMARTS) is 1. The number of rotatable bonds is 3. The summed E-state index contributed by atoms with van der Waals surface area (Å²) in [7, 11) is 0. The molecular weight excluding hydrogens is 236 g/mol. The van der Waals surface area contributed by atoms with Gasteiger partial charge < -0.3 is 5.11 Å². The van der Waals surface area contributed by atoms with E-state index in [9.17, 15) is 9.90 Å². The SMILES string of the molecule is Cc1ccc(CC2(C(=O)O)CCCCCC2)cc1C. The maximum absolute atomic E-state index is 11.8. The summed E-state index contributed by atoms with van der Waals surface area (Å²) in [5.41, 5.74) is 3.17. The summed E-state index contributed by atoms with van der Waals surface area (Å²) in [6, 6.07) is 6.36. The van der Waals surface area contributed by atoms with Crippen LogP contribution in [0.25, 0.3) is 0 Å². The molecule has 0 heterocycles. The van der Waals surface area contributed by atoms with Gasteiger partial charge in [0.2, 0.25) is 0 Å². The maximum atomic E-state index is 11.8. The van der Waals surface area contributed by atoms with Gasteiger partial charge in [-0.3, -0.25) is 4.79 Å². The highest BCUT2D eigenvalue weighted by atomic mass is 16.4. The molecule has 0 radical (unpaired) electrons. The van der Waals surface area contributed by atoms with Crippen LogP contribution in [0.2, 0.25) is 0 Å². The Morgan fingerprint density at radius 2 is 1.74 bits per heavy atom. The van der Waals surface area contributed by atoms with Crippen molar-refractivity contribution in [2.24, 2.45) is 5.41 Å². The molecule has 0 amide bonds. The van der Waals surface area contributed by atoms with Gasteiger partial charge in [-0.25, -0.2) is 0 Å². The lowest BCUT2D eigenvalue weighted by Gasteiger charge is -2.28. The monoisotopic (exact) mass is 260 g/mol. The van der Waals surface area contributed by atoms with Crippen molar-refractivity contribution in [3.63, 3.8) is 0 Å². The van der Waals surface area contributed by atoms with E-state index in [0.717, 1.165) is 25.7 Å². The van der Waals surface area contributed by atoms with Gasteiger partial charge in [0.15, 0.2) is 0 Å². The molecule has 0 atom stereocenters. The van der Waals surface area contributed by atoms with Crippen molar-refractivity contribution in [1.82, 2.24) is 0 Å². The molecule has 1 saturated carbocycles. The van der Waals surface area contributed by atoms with E-state index >= 15 is 0 Å². The van der Waals surface area contributed by atoms with Gasteiger partial charge in [-0.05, 0) is 49.8 Å². The molecular formula is C17H24O2. The van der Waals surface area contributed by atoms with Crippen LogP contribution >= 0.6 is 0 Å². The van der Waals surface area contributed by atoms with Crippen molar-refractivity contribution < 1.29 is 9.90 Å². The summed E-state index contributed by atoms with van der Waals surface area (Å²) in [5.74, 6) is -0.604. The Bertz CT molecular complexity index is 454. The maximum Gasteiger partial charge on any atom is 0.309 e. The van der Waals surface area contributed by atoms with Crippen molar-refractivity contribution in [3.05, 3.63) is 34.9 Å². The third-order valence-electron chi connectivity index (χ3n) is 4.63. The molecule has 0 unspecified atom stereocenters. The fourth-order valence-electron chi connectivity index (χ4n) is 3.18. The summed E-state index contributed by atoms with van der Waals surface area (Å²) < 4.78 is 0. The molecule has 2 rings (SSSR count). The van der Waals surface area contributed by atoms with E-state index in [2.05, 4.69) is 32.0 Å². The predicted octanol–water partition coefficient (Wildman–Crippen LogP) is 4.27. The zero-order valence-corrected chi connectivity index (χ0v) is 12.0. The van der Waals surface area contributed by atoms with Crippen molar-refractivity contribution in [3.8, 4) is 0 Å². The molecule has 1 aromatic rings. The number of benzene rings is 1. The molecule has 104 valence electrons. The molecule has 1 aliphatic carbocycles. The standard InChI is InChI=1S/C17H24O2/c1-13-7-8-15(11-14(13)2)12-17(16(18)19)9-5-3-4-6-10-17/h7-8,11H,3-6,9-10,12H2,1-2H3,(H,18,19).